The lowest BCUT2D eigenvalue weighted by Crippen LogP contribution is -2.02. The number of benzene rings is 1. The fraction of sp³-hybridized carbons (Fsp3) is 0.333. The highest BCUT2D eigenvalue weighted by Gasteiger charge is 2.04. The summed E-state index contributed by atoms with van der Waals surface area (Å²) in [5.74, 6) is 2.18. The summed E-state index contributed by atoms with van der Waals surface area (Å²) in [4.78, 5) is 7.73. The van der Waals surface area contributed by atoms with Crippen LogP contribution in [0.4, 0.5) is 0 Å². The molecule has 1 N–H and O–H groups in total. The molecule has 0 fully saturated rings. The van der Waals surface area contributed by atoms with Gasteiger partial charge in [-0.05, 0) is 29.7 Å². The molecule has 100 valence electrons. The van der Waals surface area contributed by atoms with Gasteiger partial charge in [0.2, 0.25) is 0 Å². The van der Waals surface area contributed by atoms with E-state index in [4.69, 9.17) is 17.0 Å². The fourth-order valence-electron chi connectivity index (χ4n) is 1.86. The van der Waals surface area contributed by atoms with Crippen LogP contribution in [0.2, 0.25) is 0 Å². The van der Waals surface area contributed by atoms with Gasteiger partial charge in [-0.15, -0.1) is 0 Å². The van der Waals surface area contributed by atoms with Crippen LogP contribution in [0.15, 0.2) is 30.3 Å². The van der Waals surface area contributed by atoms with Crippen LogP contribution in [0.25, 0.3) is 0 Å². The van der Waals surface area contributed by atoms with E-state index in [1.54, 1.807) is 7.11 Å². The highest BCUT2D eigenvalue weighted by molar-refractivity contribution is 7.71. The molecule has 19 heavy (non-hydrogen) atoms. The van der Waals surface area contributed by atoms with Gasteiger partial charge in [0.25, 0.3) is 0 Å². The van der Waals surface area contributed by atoms with Crippen LogP contribution in [0.3, 0.4) is 0 Å². The van der Waals surface area contributed by atoms with E-state index in [-0.39, 0.29) is 0 Å². The Bertz CT molecular complexity index is 602. The summed E-state index contributed by atoms with van der Waals surface area (Å²) in [5, 5.41) is 0. The quantitative estimate of drug-likeness (QED) is 0.860. The van der Waals surface area contributed by atoms with E-state index in [0.717, 1.165) is 23.7 Å². The summed E-state index contributed by atoms with van der Waals surface area (Å²) in [5.41, 5.74) is 2.31. The van der Waals surface area contributed by atoms with Crippen LogP contribution in [-0.4, -0.2) is 17.1 Å². The molecule has 0 bridgehead atoms. The molecule has 1 heterocycles. The molecule has 3 nitrogen and oxygen atoms in total. The van der Waals surface area contributed by atoms with Crippen molar-refractivity contribution in [2.24, 2.45) is 0 Å². The third-order valence-corrected chi connectivity index (χ3v) is 3.17. The monoisotopic (exact) mass is 274 g/mol. The van der Waals surface area contributed by atoms with E-state index in [1.807, 2.05) is 30.3 Å². The molecule has 4 heteroatoms. The number of nitrogens with zero attached hydrogens (tertiary/aromatic N) is 1. The van der Waals surface area contributed by atoms with Gasteiger partial charge in [0.15, 0.2) is 0 Å². The van der Waals surface area contributed by atoms with Crippen LogP contribution < -0.4 is 4.74 Å². The Hall–Kier alpha value is -1.68. The lowest BCUT2D eigenvalue weighted by Gasteiger charge is -2.09. The molecule has 1 aromatic heterocycles. The van der Waals surface area contributed by atoms with Gasteiger partial charge < -0.3 is 9.72 Å². The molecule has 0 aliphatic heterocycles. The largest absolute Gasteiger partial charge is 0.497 e. The standard InChI is InChI=1S/C15H18N2OS/c1-10(2)13-9-15(19)17-14(16-13)8-11-4-6-12(18-3)7-5-11/h4-7,9-10H,8H2,1-3H3,(H,16,17,19). The second-order valence-electron chi connectivity index (χ2n) is 4.80. The maximum Gasteiger partial charge on any atom is 0.130 e. The molecule has 0 saturated heterocycles. The maximum absolute atomic E-state index is 5.21. The molecule has 0 amide bonds. The Kier molecular flexibility index (Phi) is 4.32. The molecule has 0 unspecified atom stereocenters. The fourth-order valence-corrected chi connectivity index (χ4v) is 2.10. The van der Waals surface area contributed by atoms with Gasteiger partial charge in [-0.3, -0.25) is 0 Å². The Morgan fingerprint density at radius 1 is 1.26 bits per heavy atom. The van der Waals surface area contributed by atoms with Gasteiger partial charge in [0.05, 0.1) is 7.11 Å². The van der Waals surface area contributed by atoms with Crippen LogP contribution in [0.5, 0.6) is 5.75 Å². The van der Waals surface area contributed by atoms with Crippen molar-refractivity contribution in [1.29, 1.82) is 0 Å². The number of aromatic nitrogens is 2. The van der Waals surface area contributed by atoms with E-state index in [1.165, 1.54) is 5.56 Å². The summed E-state index contributed by atoms with van der Waals surface area (Å²) in [7, 11) is 1.67. The van der Waals surface area contributed by atoms with E-state index in [9.17, 15) is 0 Å². The molecule has 1 aromatic carbocycles. The van der Waals surface area contributed by atoms with Crippen LogP contribution in [-0.2, 0) is 6.42 Å². The summed E-state index contributed by atoms with van der Waals surface area (Å²) in [6, 6.07) is 9.92. The zero-order chi connectivity index (χ0) is 13.8. The van der Waals surface area contributed by atoms with Crippen molar-refractivity contribution >= 4 is 12.2 Å². The van der Waals surface area contributed by atoms with Crippen LogP contribution in [0.1, 0.15) is 36.8 Å². The number of hydrogen-bond donors (Lipinski definition) is 1. The van der Waals surface area contributed by atoms with Gasteiger partial charge in [-0.1, -0.05) is 38.2 Å². The van der Waals surface area contributed by atoms with Gasteiger partial charge >= 0.3 is 0 Å². The second-order valence-corrected chi connectivity index (χ2v) is 5.22. The topological polar surface area (TPSA) is 37.9 Å². The molecular formula is C15H18N2OS. The molecule has 0 atom stereocenters. The zero-order valence-corrected chi connectivity index (χ0v) is 12.3. The summed E-state index contributed by atoms with van der Waals surface area (Å²) >= 11 is 5.21. The van der Waals surface area contributed by atoms with Crippen molar-refractivity contribution in [2.45, 2.75) is 26.2 Å². The Balaban J connectivity index is 2.24. The Labute approximate surface area is 118 Å². The zero-order valence-electron chi connectivity index (χ0n) is 11.4. The first kappa shape index (κ1) is 13.7. The van der Waals surface area contributed by atoms with Crippen molar-refractivity contribution in [3.8, 4) is 5.75 Å². The van der Waals surface area contributed by atoms with E-state index < -0.39 is 0 Å². The van der Waals surface area contributed by atoms with Gasteiger partial charge in [0.1, 0.15) is 16.2 Å². The maximum atomic E-state index is 5.21. The van der Waals surface area contributed by atoms with Crippen molar-refractivity contribution < 1.29 is 4.74 Å². The van der Waals surface area contributed by atoms with E-state index in [2.05, 4.69) is 23.8 Å². The first-order chi connectivity index (χ1) is 9.08. The van der Waals surface area contributed by atoms with E-state index >= 15 is 0 Å². The Morgan fingerprint density at radius 3 is 2.53 bits per heavy atom. The molecule has 0 radical (unpaired) electrons. The number of aromatic amines is 1. The number of ether oxygens (including phenoxy) is 1. The van der Waals surface area contributed by atoms with Crippen molar-refractivity contribution in [2.75, 3.05) is 7.11 Å². The molecule has 2 rings (SSSR count). The molecular weight excluding hydrogens is 256 g/mol. The number of rotatable bonds is 4. The summed E-state index contributed by atoms with van der Waals surface area (Å²) in [6.07, 6.45) is 0.744. The number of H-pyrrole nitrogens is 1. The highest BCUT2D eigenvalue weighted by atomic mass is 32.1. The summed E-state index contributed by atoms with van der Waals surface area (Å²) in [6.45, 7) is 4.27. The molecule has 0 aliphatic rings. The smallest absolute Gasteiger partial charge is 0.130 e. The number of nitrogens with one attached hydrogen (secondary N) is 1. The minimum absolute atomic E-state index is 0.416. The minimum Gasteiger partial charge on any atom is -0.497 e. The average Bonchev–Trinajstić information content (AvgIpc) is 2.39. The predicted molar refractivity (Wildman–Crippen MR) is 79.3 cm³/mol. The first-order valence-corrected chi connectivity index (χ1v) is 6.72. The lowest BCUT2D eigenvalue weighted by molar-refractivity contribution is 0.414. The third kappa shape index (κ3) is 3.64. The van der Waals surface area contributed by atoms with Crippen LogP contribution in [0, 0.1) is 4.64 Å². The van der Waals surface area contributed by atoms with E-state index in [0.29, 0.717) is 10.6 Å². The predicted octanol–water partition coefficient (Wildman–Crippen LogP) is 3.86. The SMILES string of the molecule is COc1ccc(Cc2nc(=S)cc(C(C)C)[nH]2)cc1. The highest BCUT2D eigenvalue weighted by Crippen LogP contribution is 2.15. The van der Waals surface area contributed by atoms with Crippen molar-refractivity contribution in [3.05, 3.63) is 52.1 Å². The van der Waals surface area contributed by atoms with Gasteiger partial charge in [-0.25, -0.2) is 4.98 Å². The number of hydrogen-bond acceptors (Lipinski definition) is 3. The first-order valence-electron chi connectivity index (χ1n) is 6.31. The van der Waals surface area contributed by atoms with Crippen molar-refractivity contribution in [3.63, 3.8) is 0 Å². The van der Waals surface area contributed by atoms with Crippen molar-refractivity contribution in [1.82, 2.24) is 9.97 Å². The minimum atomic E-state index is 0.416. The molecule has 0 spiro atoms. The molecule has 0 saturated carbocycles. The van der Waals surface area contributed by atoms with Gasteiger partial charge in [0, 0.05) is 12.1 Å². The number of methoxy groups -OCH3 is 1. The normalized spacial score (nSPS) is 10.7. The second kappa shape index (κ2) is 5.97. The lowest BCUT2D eigenvalue weighted by atomic mass is 10.1. The van der Waals surface area contributed by atoms with Gasteiger partial charge in [-0.2, -0.15) is 0 Å². The Morgan fingerprint density at radius 2 is 1.95 bits per heavy atom. The molecule has 2 aromatic rings. The molecule has 0 aliphatic carbocycles. The average molecular weight is 274 g/mol. The summed E-state index contributed by atoms with van der Waals surface area (Å²) < 4.78 is 5.79. The van der Waals surface area contributed by atoms with Crippen LogP contribution >= 0.6 is 12.2 Å². The third-order valence-electron chi connectivity index (χ3n) is 2.97.